The molecule has 2 aliphatic rings. The van der Waals surface area contributed by atoms with Crippen molar-refractivity contribution in [3.05, 3.63) is 42.2 Å². The van der Waals surface area contributed by atoms with Crippen LogP contribution in [0, 0.1) is 11.3 Å². The summed E-state index contributed by atoms with van der Waals surface area (Å²) in [5.41, 5.74) is 1.07. The first-order chi connectivity index (χ1) is 11.5. The van der Waals surface area contributed by atoms with Crippen molar-refractivity contribution in [1.29, 1.82) is 0 Å². The van der Waals surface area contributed by atoms with Gasteiger partial charge < -0.3 is 10.0 Å². The van der Waals surface area contributed by atoms with Gasteiger partial charge in [0, 0.05) is 38.9 Å². The van der Waals surface area contributed by atoms with E-state index in [0.717, 1.165) is 12.1 Å². The van der Waals surface area contributed by atoms with E-state index in [1.807, 2.05) is 23.2 Å². The standard InChI is InChI=1S/C18H23N3O3/c1-3-7-21-12-18(17(23)24)11-20(10-15(18)16(21)22)9-14-6-5-13(4-2)8-19-14/h3,5-6,8,15H,1,4,7,9-12H2,2H3,(H,23,24)/t15-,18-/m0/s1. The van der Waals surface area contributed by atoms with Crippen LogP contribution in [0.5, 0.6) is 0 Å². The molecule has 3 rings (SSSR count). The highest BCUT2D eigenvalue weighted by molar-refractivity contribution is 5.92. The highest BCUT2D eigenvalue weighted by Gasteiger charge is 2.61. The van der Waals surface area contributed by atoms with Crippen LogP contribution in [0.25, 0.3) is 0 Å². The third kappa shape index (κ3) is 2.71. The van der Waals surface area contributed by atoms with Crippen molar-refractivity contribution in [3.8, 4) is 0 Å². The lowest BCUT2D eigenvalue weighted by Gasteiger charge is -2.24. The zero-order valence-electron chi connectivity index (χ0n) is 13.9. The maximum Gasteiger partial charge on any atom is 0.313 e. The van der Waals surface area contributed by atoms with E-state index in [0.29, 0.717) is 26.2 Å². The number of aromatic nitrogens is 1. The normalized spacial score (nSPS) is 26.6. The van der Waals surface area contributed by atoms with E-state index in [-0.39, 0.29) is 12.5 Å². The van der Waals surface area contributed by atoms with Gasteiger partial charge in [0.2, 0.25) is 5.91 Å². The number of fused-ring (bicyclic) bond motifs is 1. The third-order valence-electron chi connectivity index (χ3n) is 5.15. The fourth-order valence-corrected chi connectivity index (χ4v) is 3.82. The zero-order valence-corrected chi connectivity index (χ0v) is 13.9. The molecule has 0 unspecified atom stereocenters. The summed E-state index contributed by atoms with van der Waals surface area (Å²) in [6.45, 7) is 7.81. The smallest absolute Gasteiger partial charge is 0.313 e. The van der Waals surface area contributed by atoms with Crippen molar-refractivity contribution < 1.29 is 14.7 Å². The van der Waals surface area contributed by atoms with Crippen molar-refractivity contribution >= 4 is 11.9 Å². The lowest BCUT2D eigenvalue weighted by molar-refractivity contribution is -0.149. The van der Waals surface area contributed by atoms with Gasteiger partial charge in [-0.1, -0.05) is 19.1 Å². The fraction of sp³-hybridized carbons (Fsp3) is 0.500. The van der Waals surface area contributed by atoms with Crippen molar-refractivity contribution in [1.82, 2.24) is 14.8 Å². The third-order valence-corrected chi connectivity index (χ3v) is 5.15. The summed E-state index contributed by atoms with van der Waals surface area (Å²) >= 11 is 0. The van der Waals surface area contributed by atoms with Crippen molar-refractivity contribution in [2.75, 3.05) is 26.2 Å². The summed E-state index contributed by atoms with van der Waals surface area (Å²) in [4.78, 5) is 32.6. The number of hydrogen-bond donors (Lipinski definition) is 1. The van der Waals surface area contributed by atoms with Crippen LogP contribution in [0.1, 0.15) is 18.2 Å². The van der Waals surface area contributed by atoms with Crippen LogP contribution < -0.4 is 0 Å². The molecule has 0 radical (unpaired) electrons. The molecule has 24 heavy (non-hydrogen) atoms. The Hall–Kier alpha value is -2.21. The van der Waals surface area contributed by atoms with Gasteiger partial charge in [0.05, 0.1) is 11.6 Å². The highest BCUT2D eigenvalue weighted by Crippen LogP contribution is 2.43. The quantitative estimate of drug-likeness (QED) is 0.793. The molecular weight excluding hydrogens is 306 g/mol. The van der Waals surface area contributed by atoms with Crippen LogP contribution in [0.3, 0.4) is 0 Å². The summed E-state index contributed by atoms with van der Waals surface area (Å²) in [5.74, 6) is -1.44. The number of aryl methyl sites for hydroxylation is 1. The van der Waals surface area contributed by atoms with Crippen LogP contribution in [-0.2, 0) is 22.6 Å². The van der Waals surface area contributed by atoms with Crippen LogP contribution in [0.15, 0.2) is 31.0 Å². The molecule has 1 aromatic heterocycles. The predicted octanol–water partition coefficient (Wildman–Crippen LogP) is 1.17. The van der Waals surface area contributed by atoms with Gasteiger partial charge in [-0.25, -0.2) is 0 Å². The maximum absolute atomic E-state index is 12.5. The van der Waals surface area contributed by atoms with Crippen molar-refractivity contribution in [2.45, 2.75) is 19.9 Å². The van der Waals surface area contributed by atoms with Gasteiger partial charge in [-0.05, 0) is 18.1 Å². The summed E-state index contributed by atoms with van der Waals surface area (Å²) in [7, 11) is 0. The average molecular weight is 329 g/mol. The van der Waals surface area contributed by atoms with Gasteiger partial charge in [0.25, 0.3) is 0 Å². The molecule has 6 nitrogen and oxygen atoms in total. The summed E-state index contributed by atoms with van der Waals surface area (Å²) in [6.07, 6.45) is 4.44. The van der Waals surface area contributed by atoms with E-state index in [1.54, 1.807) is 11.0 Å². The first-order valence-corrected chi connectivity index (χ1v) is 8.29. The minimum atomic E-state index is -1.01. The summed E-state index contributed by atoms with van der Waals surface area (Å²) in [6, 6.07) is 4.02. The highest BCUT2D eigenvalue weighted by atomic mass is 16.4. The predicted molar refractivity (Wildman–Crippen MR) is 89.2 cm³/mol. The summed E-state index contributed by atoms with van der Waals surface area (Å²) in [5, 5.41) is 9.78. The number of hydrogen-bond acceptors (Lipinski definition) is 4. The van der Waals surface area contributed by atoms with Gasteiger partial charge in [-0.2, -0.15) is 0 Å². The molecule has 2 saturated heterocycles. The number of amides is 1. The molecule has 2 aliphatic heterocycles. The van der Waals surface area contributed by atoms with Crippen molar-refractivity contribution in [2.24, 2.45) is 11.3 Å². The van der Waals surface area contributed by atoms with Crippen molar-refractivity contribution in [3.63, 3.8) is 0 Å². The number of carboxylic acid groups (broad SMARTS) is 1. The first-order valence-electron chi connectivity index (χ1n) is 8.29. The number of nitrogens with zero attached hydrogens (tertiary/aromatic N) is 3. The average Bonchev–Trinajstić information content (AvgIpc) is 3.05. The van der Waals surface area contributed by atoms with Crippen LogP contribution in [0.2, 0.25) is 0 Å². The molecule has 1 N–H and O–H groups in total. The first kappa shape index (κ1) is 16.6. The Labute approximate surface area is 141 Å². The SMILES string of the molecule is C=CCN1C[C@@]2(C(=O)O)CN(Cc3ccc(CC)cn3)C[C@H]2C1=O. The monoisotopic (exact) mass is 329 g/mol. The van der Waals surface area contributed by atoms with Crippen LogP contribution in [0.4, 0.5) is 0 Å². The molecule has 1 aromatic rings. The van der Waals surface area contributed by atoms with E-state index >= 15 is 0 Å². The van der Waals surface area contributed by atoms with Gasteiger partial charge in [0.1, 0.15) is 5.41 Å². The minimum Gasteiger partial charge on any atom is -0.481 e. The molecule has 2 atom stereocenters. The molecule has 2 fully saturated rings. The number of rotatable bonds is 6. The van der Waals surface area contributed by atoms with Gasteiger partial charge >= 0.3 is 5.97 Å². The maximum atomic E-state index is 12.5. The molecule has 128 valence electrons. The van der Waals surface area contributed by atoms with E-state index in [2.05, 4.69) is 18.5 Å². The molecule has 0 saturated carbocycles. The number of carbonyl (C=O) groups is 2. The second kappa shape index (κ2) is 6.36. The van der Waals surface area contributed by atoms with E-state index < -0.39 is 17.3 Å². The number of aliphatic carboxylic acids is 1. The number of likely N-dealkylation sites (tertiary alicyclic amines) is 2. The molecule has 0 aromatic carbocycles. The van der Waals surface area contributed by atoms with Gasteiger partial charge in [0.15, 0.2) is 0 Å². The Bertz CT molecular complexity index is 658. The van der Waals surface area contributed by atoms with Gasteiger partial charge in [-0.15, -0.1) is 6.58 Å². The van der Waals surface area contributed by atoms with E-state index in [9.17, 15) is 14.7 Å². The zero-order chi connectivity index (χ0) is 17.3. The number of carbonyl (C=O) groups excluding carboxylic acids is 1. The molecule has 6 heteroatoms. The molecule has 3 heterocycles. The Morgan fingerprint density at radius 3 is 2.83 bits per heavy atom. The molecule has 0 bridgehead atoms. The van der Waals surface area contributed by atoms with Gasteiger partial charge in [-0.3, -0.25) is 19.5 Å². The molecule has 0 spiro atoms. The Balaban J connectivity index is 1.75. The number of carboxylic acids is 1. The second-order valence-corrected chi connectivity index (χ2v) is 6.70. The summed E-state index contributed by atoms with van der Waals surface area (Å²) < 4.78 is 0. The fourth-order valence-electron chi connectivity index (χ4n) is 3.82. The van der Waals surface area contributed by atoms with Crippen LogP contribution >= 0.6 is 0 Å². The Morgan fingerprint density at radius 2 is 2.29 bits per heavy atom. The number of pyridine rings is 1. The lowest BCUT2D eigenvalue weighted by atomic mass is 9.81. The van der Waals surface area contributed by atoms with E-state index in [4.69, 9.17) is 0 Å². The minimum absolute atomic E-state index is 0.0749. The molecular formula is C18H23N3O3. The Morgan fingerprint density at radius 1 is 1.50 bits per heavy atom. The Kier molecular flexibility index (Phi) is 4.41. The second-order valence-electron chi connectivity index (χ2n) is 6.70. The van der Waals surface area contributed by atoms with E-state index in [1.165, 1.54) is 5.56 Å². The van der Waals surface area contributed by atoms with Crippen LogP contribution in [-0.4, -0.2) is 57.9 Å². The molecule has 0 aliphatic carbocycles. The largest absolute Gasteiger partial charge is 0.481 e. The lowest BCUT2D eigenvalue weighted by Crippen LogP contribution is -2.40. The topological polar surface area (TPSA) is 73.7 Å². The molecule has 1 amide bonds.